The maximum absolute atomic E-state index is 12.2. The molecule has 0 atom stereocenters. The zero-order valence-electron chi connectivity index (χ0n) is 14.5. The minimum absolute atomic E-state index is 0.167. The van der Waals surface area contributed by atoms with Gasteiger partial charge >= 0.3 is 5.97 Å². The topological polar surface area (TPSA) is 62.7 Å². The number of nitrogens with zero attached hydrogens (tertiary/aromatic N) is 3. The average molecular weight is 369 g/mol. The van der Waals surface area contributed by atoms with Crippen LogP contribution in [0.25, 0.3) is 0 Å². The van der Waals surface area contributed by atoms with Crippen molar-refractivity contribution in [2.24, 2.45) is 0 Å². The van der Waals surface area contributed by atoms with Crippen LogP contribution in [0.5, 0.6) is 0 Å². The van der Waals surface area contributed by atoms with Crippen molar-refractivity contribution in [1.82, 2.24) is 9.88 Å². The van der Waals surface area contributed by atoms with Crippen LogP contribution in [0, 0.1) is 11.8 Å². The monoisotopic (exact) mass is 369 g/mol. The van der Waals surface area contributed by atoms with Gasteiger partial charge < -0.3 is 14.5 Å². The Kier molecular flexibility index (Phi) is 5.87. The Morgan fingerprint density at radius 2 is 1.92 bits per heavy atom. The maximum Gasteiger partial charge on any atom is 0.357 e. The molecule has 0 spiro atoms. The molecule has 0 N–H and O–H groups in total. The molecule has 0 bridgehead atoms. The lowest BCUT2D eigenvalue weighted by molar-refractivity contribution is -0.125. The molecule has 1 aromatic heterocycles. The van der Waals surface area contributed by atoms with Gasteiger partial charge in [-0.25, -0.2) is 9.78 Å². The predicted molar refractivity (Wildman–Crippen MR) is 100 cm³/mol. The Hall–Kier alpha value is -2.85. The summed E-state index contributed by atoms with van der Waals surface area (Å²) >= 11 is 1.41. The number of esters is 1. The molecule has 2 aromatic rings. The van der Waals surface area contributed by atoms with E-state index in [0.717, 1.165) is 10.7 Å². The first kappa shape index (κ1) is 18.0. The molecule has 1 aliphatic heterocycles. The Balaban J connectivity index is 1.55. The molecule has 1 aromatic carbocycles. The predicted octanol–water partition coefficient (Wildman–Crippen LogP) is 2.02. The summed E-state index contributed by atoms with van der Waals surface area (Å²) in [6.45, 7) is 4.58. The van der Waals surface area contributed by atoms with E-state index in [1.165, 1.54) is 11.3 Å². The number of aromatic nitrogens is 1. The number of anilines is 1. The van der Waals surface area contributed by atoms with Gasteiger partial charge in [-0.1, -0.05) is 24.1 Å². The van der Waals surface area contributed by atoms with Crippen LogP contribution in [-0.2, 0) is 9.53 Å². The fourth-order valence-corrected chi connectivity index (χ4v) is 3.38. The highest BCUT2D eigenvalue weighted by molar-refractivity contribution is 7.13. The highest BCUT2D eigenvalue weighted by atomic mass is 32.1. The Bertz CT molecular complexity index is 830. The number of piperazine rings is 1. The van der Waals surface area contributed by atoms with Crippen molar-refractivity contribution in [3.05, 3.63) is 47.0 Å². The van der Waals surface area contributed by atoms with Gasteiger partial charge in [0.15, 0.2) is 10.8 Å². The van der Waals surface area contributed by atoms with E-state index in [1.54, 1.807) is 17.2 Å². The van der Waals surface area contributed by atoms with E-state index in [2.05, 4.69) is 21.7 Å². The zero-order chi connectivity index (χ0) is 18.4. The van der Waals surface area contributed by atoms with Crippen molar-refractivity contribution >= 4 is 28.3 Å². The number of benzene rings is 1. The van der Waals surface area contributed by atoms with Gasteiger partial charge in [-0.3, -0.25) is 4.79 Å². The number of rotatable bonds is 3. The van der Waals surface area contributed by atoms with Crippen LogP contribution in [0.2, 0.25) is 0 Å². The first-order valence-corrected chi connectivity index (χ1v) is 9.29. The standard InChI is InChI=1S/C19H19N3O3S/c1-2-25-18(24)16-14-26-19(20-16)22-12-10-21(11-13-22)17(23)9-8-15-6-4-3-5-7-15/h3-7,14H,2,10-13H2,1H3. The van der Waals surface area contributed by atoms with Crippen LogP contribution >= 0.6 is 11.3 Å². The number of hydrogen-bond donors (Lipinski definition) is 0. The van der Waals surface area contributed by atoms with Gasteiger partial charge in [0.2, 0.25) is 0 Å². The van der Waals surface area contributed by atoms with Crippen molar-refractivity contribution in [1.29, 1.82) is 0 Å². The molecule has 6 nitrogen and oxygen atoms in total. The number of hydrogen-bond acceptors (Lipinski definition) is 6. The lowest BCUT2D eigenvalue weighted by Crippen LogP contribution is -2.48. The highest BCUT2D eigenvalue weighted by Crippen LogP contribution is 2.22. The molecule has 3 rings (SSSR count). The summed E-state index contributed by atoms with van der Waals surface area (Å²) in [6, 6.07) is 9.46. The summed E-state index contributed by atoms with van der Waals surface area (Å²) in [4.78, 5) is 32.1. The normalized spacial score (nSPS) is 13.7. The Morgan fingerprint density at radius 3 is 2.62 bits per heavy atom. The second-order valence-corrected chi connectivity index (χ2v) is 6.47. The van der Waals surface area contributed by atoms with Crippen LogP contribution in [0.1, 0.15) is 23.0 Å². The fourth-order valence-electron chi connectivity index (χ4n) is 2.54. The van der Waals surface area contributed by atoms with Gasteiger partial charge in [0.25, 0.3) is 5.91 Å². The second-order valence-electron chi connectivity index (χ2n) is 5.63. The van der Waals surface area contributed by atoms with Crippen LogP contribution in [0.4, 0.5) is 5.13 Å². The van der Waals surface area contributed by atoms with E-state index in [4.69, 9.17) is 4.74 Å². The van der Waals surface area contributed by atoms with Crippen molar-refractivity contribution in [3.63, 3.8) is 0 Å². The molecular weight excluding hydrogens is 350 g/mol. The van der Waals surface area contributed by atoms with Gasteiger partial charge in [-0.05, 0) is 19.1 Å². The number of thiazole rings is 1. The molecule has 134 valence electrons. The van der Waals surface area contributed by atoms with Crippen LogP contribution in [0.3, 0.4) is 0 Å². The number of amides is 1. The van der Waals surface area contributed by atoms with Crippen molar-refractivity contribution in [2.75, 3.05) is 37.7 Å². The molecule has 0 aliphatic carbocycles. The molecule has 0 saturated carbocycles. The van der Waals surface area contributed by atoms with Crippen LogP contribution in [0.15, 0.2) is 35.7 Å². The zero-order valence-corrected chi connectivity index (χ0v) is 15.3. The summed E-state index contributed by atoms with van der Waals surface area (Å²) in [5.74, 6) is 5.03. The molecule has 7 heteroatoms. The SMILES string of the molecule is CCOC(=O)c1csc(N2CCN(C(=O)C#Cc3ccccc3)CC2)n1. The van der Waals surface area contributed by atoms with Crippen molar-refractivity contribution in [2.45, 2.75) is 6.92 Å². The lowest BCUT2D eigenvalue weighted by atomic mass is 10.2. The largest absolute Gasteiger partial charge is 0.461 e. The highest BCUT2D eigenvalue weighted by Gasteiger charge is 2.23. The summed E-state index contributed by atoms with van der Waals surface area (Å²) in [7, 11) is 0. The summed E-state index contributed by atoms with van der Waals surface area (Å²) in [5, 5.41) is 2.48. The Labute approximate surface area is 156 Å². The van der Waals surface area contributed by atoms with Crippen LogP contribution < -0.4 is 4.90 Å². The molecule has 2 heterocycles. The number of carbonyl (C=O) groups is 2. The molecule has 1 amide bonds. The quantitative estimate of drug-likeness (QED) is 0.612. The summed E-state index contributed by atoms with van der Waals surface area (Å²) < 4.78 is 4.96. The van der Waals surface area contributed by atoms with E-state index in [9.17, 15) is 9.59 Å². The third-order valence-electron chi connectivity index (χ3n) is 3.90. The molecule has 0 radical (unpaired) electrons. The summed E-state index contributed by atoms with van der Waals surface area (Å²) in [5.41, 5.74) is 1.16. The van der Waals surface area contributed by atoms with Crippen LogP contribution in [-0.4, -0.2) is 54.5 Å². The van der Waals surface area contributed by atoms with Crippen molar-refractivity contribution < 1.29 is 14.3 Å². The van der Waals surface area contributed by atoms with E-state index in [1.807, 2.05) is 30.3 Å². The average Bonchev–Trinajstić information content (AvgIpc) is 3.18. The first-order valence-electron chi connectivity index (χ1n) is 8.41. The smallest absolute Gasteiger partial charge is 0.357 e. The van der Waals surface area contributed by atoms with E-state index in [0.29, 0.717) is 38.5 Å². The molecular formula is C19H19N3O3S. The molecule has 26 heavy (non-hydrogen) atoms. The fraction of sp³-hybridized carbons (Fsp3) is 0.316. The minimum Gasteiger partial charge on any atom is -0.461 e. The van der Waals surface area contributed by atoms with Gasteiger partial charge in [0, 0.05) is 43.0 Å². The Morgan fingerprint density at radius 1 is 1.19 bits per heavy atom. The third kappa shape index (κ3) is 4.41. The van der Waals surface area contributed by atoms with E-state index >= 15 is 0 Å². The maximum atomic E-state index is 12.2. The number of carbonyl (C=O) groups excluding carboxylic acids is 2. The van der Waals surface area contributed by atoms with Gasteiger partial charge in [0.05, 0.1) is 6.61 Å². The van der Waals surface area contributed by atoms with Gasteiger partial charge in [-0.2, -0.15) is 0 Å². The van der Waals surface area contributed by atoms with E-state index in [-0.39, 0.29) is 5.91 Å². The molecule has 0 unspecified atom stereocenters. The summed E-state index contributed by atoms with van der Waals surface area (Å²) in [6.07, 6.45) is 0. The number of ether oxygens (including phenoxy) is 1. The molecule has 1 aliphatic rings. The first-order chi connectivity index (χ1) is 12.7. The van der Waals surface area contributed by atoms with E-state index < -0.39 is 5.97 Å². The van der Waals surface area contributed by atoms with Gasteiger partial charge in [-0.15, -0.1) is 11.3 Å². The molecule has 1 fully saturated rings. The minimum atomic E-state index is -0.403. The lowest BCUT2D eigenvalue weighted by Gasteiger charge is -2.33. The molecule has 1 saturated heterocycles. The third-order valence-corrected chi connectivity index (χ3v) is 4.80. The van der Waals surface area contributed by atoms with Crippen molar-refractivity contribution in [3.8, 4) is 11.8 Å². The van der Waals surface area contributed by atoms with Gasteiger partial charge in [0.1, 0.15) is 0 Å². The second kappa shape index (κ2) is 8.50.